The largest absolute Gasteiger partial charge is 0.353 e. The average molecular weight is 306 g/mol. The lowest BCUT2D eigenvalue weighted by atomic mass is 9.77. The quantitative estimate of drug-likeness (QED) is 0.926. The first-order valence-corrected chi connectivity index (χ1v) is 6.92. The van der Waals surface area contributed by atoms with Crippen molar-refractivity contribution in [2.75, 3.05) is 26.2 Å². The molecule has 0 bridgehead atoms. The summed E-state index contributed by atoms with van der Waals surface area (Å²) in [5, 5.41) is 3.46. The summed E-state index contributed by atoms with van der Waals surface area (Å²) in [6.07, 6.45) is 6.44. The maximum Gasteiger partial charge on any atom is 0.0529 e. The van der Waals surface area contributed by atoms with E-state index >= 15 is 0 Å². The van der Waals surface area contributed by atoms with E-state index in [0.717, 1.165) is 19.0 Å². The van der Waals surface area contributed by atoms with Crippen LogP contribution in [0.5, 0.6) is 0 Å². The van der Waals surface area contributed by atoms with Crippen molar-refractivity contribution in [2.24, 2.45) is 13.0 Å². The second-order valence-electron chi connectivity index (χ2n) is 5.47. The molecule has 1 aliphatic carbocycles. The van der Waals surface area contributed by atoms with Crippen molar-refractivity contribution in [1.82, 2.24) is 14.8 Å². The van der Waals surface area contributed by atoms with Crippen LogP contribution in [0, 0.1) is 5.92 Å². The van der Waals surface area contributed by atoms with Gasteiger partial charge in [-0.25, -0.2) is 0 Å². The summed E-state index contributed by atoms with van der Waals surface area (Å²) in [7, 11) is 2.18. The topological polar surface area (TPSA) is 20.2 Å². The van der Waals surface area contributed by atoms with Gasteiger partial charge in [-0.1, -0.05) is 6.42 Å². The highest BCUT2D eigenvalue weighted by molar-refractivity contribution is 5.85. The van der Waals surface area contributed by atoms with Crippen molar-refractivity contribution in [1.29, 1.82) is 0 Å². The number of hydrogen-bond acceptors (Lipinski definition) is 2. The van der Waals surface area contributed by atoms with Gasteiger partial charge in [-0.05, 0) is 30.9 Å². The second-order valence-corrected chi connectivity index (χ2v) is 5.47. The van der Waals surface area contributed by atoms with Crippen molar-refractivity contribution in [2.45, 2.75) is 25.3 Å². The fourth-order valence-corrected chi connectivity index (χ4v) is 3.22. The molecule has 2 fully saturated rings. The molecule has 0 spiro atoms. The van der Waals surface area contributed by atoms with Crippen molar-refractivity contribution in [3.63, 3.8) is 0 Å². The van der Waals surface area contributed by atoms with Crippen molar-refractivity contribution in [3.05, 3.63) is 24.0 Å². The molecule has 2 aliphatic rings. The summed E-state index contributed by atoms with van der Waals surface area (Å²) in [6, 6.07) is 5.15. The Bertz CT molecular complexity index is 371. The monoisotopic (exact) mass is 305 g/mol. The second kappa shape index (κ2) is 7.53. The highest BCUT2D eigenvalue weighted by Crippen LogP contribution is 2.41. The molecular weight excluding hydrogens is 281 g/mol. The maximum atomic E-state index is 3.46. The lowest BCUT2D eigenvalue weighted by Gasteiger charge is -2.43. The molecule has 1 aromatic rings. The molecule has 1 saturated heterocycles. The molecule has 0 aromatic carbocycles. The standard InChI is InChI=1S/C14H23N3.2ClH/c1-16-9-3-6-13(16)14(12-4-2-5-12)17-10-7-15-8-11-17;;/h3,6,9,12,14-15H,2,4-5,7-8,10-11H2,1H3;2*1H/t14-;;/m0../s1. The van der Waals surface area contributed by atoms with E-state index in [1.807, 2.05) is 0 Å². The summed E-state index contributed by atoms with van der Waals surface area (Å²) < 4.78 is 2.31. The van der Waals surface area contributed by atoms with Gasteiger partial charge in [0.2, 0.25) is 0 Å². The summed E-state index contributed by atoms with van der Waals surface area (Å²) >= 11 is 0. The van der Waals surface area contributed by atoms with Crippen LogP contribution in [-0.2, 0) is 7.05 Å². The average Bonchev–Trinajstić information content (AvgIpc) is 2.71. The Morgan fingerprint density at radius 3 is 2.37 bits per heavy atom. The fourth-order valence-electron chi connectivity index (χ4n) is 3.22. The van der Waals surface area contributed by atoms with Crippen LogP contribution in [0.25, 0.3) is 0 Å². The van der Waals surface area contributed by atoms with E-state index in [1.165, 1.54) is 38.0 Å². The van der Waals surface area contributed by atoms with Gasteiger partial charge in [0.1, 0.15) is 0 Å². The van der Waals surface area contributed by atoms with Crippen molar-refractivity contribution < 1.29 is 0 Å². The molecule has 0 radical (unpaired) electrons. The molecule has 1 aromatic heterocycles. The van der Waals surface area contributed by atoms with Gasteiger partial charge in [-0.3, -0.25) is 4.90 Å². The molecule has 1 N–H and O–H groups in total. The number of piperazine rings is 1. The summed E-state index contributed by atoms with van der Waals surface area (Å²) in [6.45, 7) is 4.69. The number of hydrogen-bond donors (Lipinski definition) is 1. The van der Waals surface area contributed by atoms with E-state index in [1.54, 1.807) is 0 Å². The van der Waals surface area contributed by atoms with Crippen LogP contribution in [0.15, 0.2) is 18.3 Å². The van der Waals surface area contributed by atoms with Gasteiger partial charge in [0.05, 0.1) is 6.04 Å². The zero-order chi connectivity index (χ0) is 11.7. The molecular formula is C14H25Cl2N3. The van der Waals surface area contributed by atoms with Crippen LogP contribution in [0.4, 0.5) is 0 Å². The maximum absolute atomic E-state index is 3.46. The molecule has 19 heavy (non-hydrogen) atoms. The van der Waals surface area contributed by atoms with Crippen LogP contribution >= 0.6 is 24.8 Å². The predicted octanol–water partition coefficient (Wildman–Crippen LogP) is 2.62. The molecule has 3 rings (SSSR count). The zero-order valence-electron chi connectivity index (χ0n) is 11.5. The van der Waals surface area contributed by atoms with Gasteiger partial charge in [0.15, 0.2) is 0 Å². The lowest BCUT2D eigenvalue weighted by Crippen LogP contribution is -2.48. The Labute approximate surface area is 128 Å². The van der Waals surface area contributed by atoms with E-state index in [9.17, 15) is 0 Å². The van der Waals surface area contributed by atoms with Crippen LogP contribution < -0.4 is 5.32 Å². The van der Waals surface area contributed by atoms with Gasteiger partial charge in [-0.2, -0.15) is 0 Å². The van der Waals surface area contributed by atoms with Gasteiger partial charge in [0, 0.05) is 45.1 Å². The number of aromatic nitrogens is 1. The van der Waals surface area contributed by atoms with Gasteiger partial charge in [0.25, 0.3) is 0 Å². The molecule has 1 saturated carbocycles. The summed E-state index contributed by atoms with van der Waals surface area (Å²) in [5.41, 5.74) is 1.51. The minimum absolute atomic E-state index is 0. The van der Waals surface area contributed by atoms with E-state index in [2.05, 4.69) is 40.2 Å². The predicted molar refractivity (Wildman–Crippen MR) is 84.4 cm³/mol. The Morgan fingerprint density at radius 1 is 1.21 bits per heavy atom. The van der Waals surface area contributed by atoms with Crippen molar-refractivity contribution >= 4 is 24.8 Å². The molecule has 1 atom stereocenters. The van der Waals surface area contributed by atoms with Gasteiger partial charge >= 0.3 is 0 Å². The lowest BCUT2D eigenvalue weighted by molar-refractivity contribution is 0.0790. The minimum Gasteiger partial charge on any atom is -0.353 e. The summed E-state index contributed by atoms with van der Waals surface area (Å²) in [4.78, 5) is 2.69. The third-order valence-corrected chi connectivity index (χ3v) is 4.43. The Hall–Kier alpha value is -0.220. The highest BCUT2D eigenvalue weighted by Gasteiger charge is 2.34. The molecule has 5 heteroatoms. The van der Waals surface area contributed by atoms with E-state index in [4.69, 9.17) is 0 Å². The number of nitrogens with zero attached hydrogens (tertiary/aromatic N) is 2. The Morgan fingerprint density at radius 2 is 1.89 bits per heavy atom. The van der Waals surface area contributed by atoms with E-state index in [-0.39, 0.29) is 24.8 Å². The first-order valence-electron chi connectivity index (χ1n) is 6.92. The number of halogens is 2. The van der Waals surface area contributed by atoms with E-state index in [0.29, 0.717) is 6.04 Å². The SMILES string of the molecule is Cl.Cl.Cn1cccc1[C@H](C1CCC1)N1CCNCC1. The Kier molecular flexibility index (Phi) is 6.67. The number of rotatable bonds is 3. The molecule has 0 amide bonds. The Balaban J connectivity index is 0.000000902. The third-order valence-electron chi connectivity index (χ3n) is 4.43. The van der Waals surface area contributed by atoms with Crippen molar-refractivity contribution in [3.8, 4) is 0 Å². The molecule has 2 heterocycles. The molecule has 3 nitrogen and oxygen atoms in total. The van der Waals surface area contributed by atoms with Crippen LogP contribution in [0.1, 0.15) is 31.0 Å². The normalized spacial score (nSPS) is 21.9. The van der Waals surface area contributed by atoms with Gasteiger partial charge < -0.3 is 9.88 Å². The molecule has 1 aliphatic heterocycles. The summed E-state index contributed by atoms with van der Waals surface area (Å²) in [5.74, 6) is 0.890. The fraction of sp³-hybridized carbons (Fsp3) is 0.714. The molecule has 110 valence electrons. The number of nitrogens with one attached hydrogen (secondary N) is 1. The number of aryl methyl sites for hydroxylation is 1. The first-order chi connectivity index (χ1) is 8.36. The third kappa shape index (κ3) is 3.46. The smallest absolute Gasteiger partial charge is 0.0529 e. The van der Waals surface area contributed by atoms with Crippen LogP contribution in [-0.4, -0.2) is 35.6 Å². The highest BCUT2D eigenvalue weighted by atomic mass is 35.5. The van der Waals surface area contributed by atoms with Crippen LogP contribution in [0.3, 0.4) is 0 Å². The van der Waals surface area contributed by atoms with E-state index < -0.39 is 0 Å². The first kappa shape index (κ1) is 16.8. The van der Waals surface area contributed by atoms with Crippen LogP contribution in [0.2, 0.25) is 0 Å². The zero-order valence-corrected chi connectivity index (χ0v) is 13.2. The minimum atomic E-state index is 0. The van der Waals surface area contributed by atoms with Gasteiger partial charge in [-0.15, -0.1) is 24.8 Å². The molecule has 0 unspecified atom stereocenters.